The largest absolute Gasteiger partial charge is 0.481 e. The van der Waals surface area contributed by atoms with Gasteiger partial charge in [-0.1, -0.05) is 12.1 Å². The van der Waals surface area contributed by atoms with Gasteiger partial charge in [0.1, 0.15) is 0 Å². The maximum Gasteiger partial charge on any atom is 0.304 e. The minimum atomic E-state index is -3.72. The number of carbonyl (C=O) groups excluding carboxylic acids is 1. The number of hydrogen-bond donors (Lipinski definition) is 1. The van der Waals surface area contributed by atoms with E-state index in [0.717, 1.165) is 12.8 Å². The topological polar surface area (TPSA) is 91.8 Å². The molecule has 0 aromatic heterocycles. The lowest BCUT2D eigenvalue weighted by Crippen LogP contribution is -2.35. The predicted molar refractivity (Wildman–Crippen MR) is 75.6 cm³/mol. The molecule has 114 valence electrons. The predicted octanol–water partition coefficient (Wildman–Crippen LogP) is 1.52. The Kier molecular flexibility index (Phi) is 4.43. The molecular formula is C14H17NO5S. The van der Waals surface area contributed by atoms with E-state index in [-0.39, 0.29) is 29.7 Å². The summed E-state index contributed by atoms with van der Waals surface area (Å²) in [7, 11) is -3.72. The van der Waals surface area contributed by atoms with Crippen molar-refractivity contribution in [2.45, 2.75) is 37.1 Å². The molecule has 1 fully saturated rings. The van der Waals surface area contributed by atoms with Crippen LogP contribution in [0.4, 0.5) is 0 Å². The summed E-state index contributed by atoms with van der Waals surface area (Å²) < 4.78 is 26.4. The molecule has 0 atom stereocenters. The monoisotopic (exact) mass is 311 g/mol. The summed E-state index contributed by atoms with van der Waals surface area (Å²) in [6.45, 7) is 1.38. The Morgan fingerprint density at radius 3 is 2.24 bits per heavy atom. The highest BCUT2D eigenvalue weighted by molar-refractivity contribution is 7.89. The molecule has 0 amide bonds. The van der Waals surface area contributed by atoms with E-state index in [1.165, 1.54) is 35.5 Å². The number of sulfonamides is 1. The van der Waals surface area contributed by atoms with Gasteiger partial charge in [-0.05, 0) is 31.9 Å². The number of carboxylic acid groups (broad SMARTS) is 1. The molecule has 2 rings (SSSR count). The zero-order valence-electron chi connectivity index (χ0n) is 11.7. The molecule has 6 nitrogen and oxygen atoms in total. The van der Waals surface area contributed by atoms with Crippen LogP contribution in [0.15, 0.2) is 29.2 Å². The molecule has 1 N–H and O–H groups in total. The van der Waals surface area contributed by atoms with Crippen molar-refractivity contribution in [3.8, 4) is 0 Å². The van der Waals surface area contributed by atoms with Gasteiger partial charge < -0.3 is 5.11 Å². The summed E-state index contributed by atoms with van der Waals surface area (Å²) in [4.78, 5) is 22.0. The average Bonchev–Trinajstić information content (AvgIpc) is 3.23. The number of nitrogens with zero attached hydrogens (tertiary/aromatic N) is 1. The van der Waals surface area contributed by atoms with E-state index in [0.29, 0.717) is 5.56 Å². The molecule has 1 aliphatic carbocycles. The first-order valence-electron chi connectivity index (χ1n) is 6.67. The lowest BCUT2D eigenvalue weighted by atomic mass is 10.2. The van der Waals surface area contributed by atoms with E-state index in [2.05, 4.69) is 0 Å². The highest BCUT2D eigenvalue weighted by atomic mass is 32.2. The number of benzene rings is 1. The van der Waals surface area contributed by atoms with Crippen molar-refractivity contribution < 1.29 is 23.1 Å². The molecule has 0 heterocycles. The number of carbonyl (C=O) groups is 2. The van der Waals surface area contributed by atoms with E-state index in [4.69, 9.17) is 5.11 Å². The quantitative estimate of drug-likeness (QED) is 0.771. The van der Waals surface area contributed by atoms with Gasteiger partial charge in [0, 0.05) is 18.2 Å². The van der Waals surface area contributed by atoms with Crippen LogP contribution in [0.2, 0.25) is 0 Å². The second kappa shape index (κ2) is 5.95. The Morgan fingerprint density at radius 2 is 1.81 bits per heavy atom. The molecule has 0 unspecified atom stereocenters. The number of rotatable bonds is 7. The molecule has 0 bridgehead atoms. The van der Waals surface area contributed by atoms with E-state index < -0.39 is 16.0 Å². The van der Waals surface area contributed by atoms with Gasteiger partial charge in [0.15, 0.2) is 5.78 Å². The van der Waals surface area contributed by atoms with Gasteiger partial charge in [-0.2, -0.15) is 4.31 Å². The molecule has 1 aliphatic rings. The zero-order chi connectivity index (χ0) is 15.6. The lowest BCUT2D eigenvalue weighted by molar-refractivity contribution is -0.137. The summed E-state index contributed by atoms with van der Waals surface area (Å²) in [6.07, 6.45) is 1.29. The van der Waals surface area contributed by atoms with E-state index >= 15 is 0 Å². The number of hydrogen-bond acceptors (Lipinski definition) is 4. The molecule has 7 heteroatoms. The third-order valence-corrected chi connectivity index (χ3v) is 5.33. The normalized spacial score (nSPS) is 15.1. The zero-order valence-corrected chi connectivity index (χ0v) is 12.5. The summed E-state index contributed by atoms with van der Waals surface area (Å²) >= 11 is 0. The maximum absolute atomic E-state index is 12.6. The van der Waals surface area contributed by atoms with Crippen LogP contribution in [0.1, 0.15) is 36.5 Å². The van der Waals surface area contributed by atoms with Gasteiger partial charge >= 0.3 is 5.97 Å². The van der Waals surface area contributed by atoms with Crippen LogP contribution in [0.3, 0.4) is 0 Å². The van der Waals surface area contributed by atoms with Crippen molar-refractivity contribution >= 4 is 21.8 Å². The molecule has 1 aromatic carbocycles. The smallest absolute Gasteiger partial charge is 0.304 e. The van der Waals surface area contributed by atoms with E-state index in [1.54, 1.807) is 0 Å². The molecule has 0 saturated heterocycles. The summed E-state index contributed by atoms with van der Waals surface area (Å²) in [6, 6.07) is 5.61. The lowest BCUT2D eigenvalue weighted by Gasteiger charge is -2.21. The first-order chi connectivity index (χ1) is 9.82. The van der Waals surface area contributed by atoms with Gasteiger partial charge in [0.2, 0.25) is 10.0 Å². The second-order valence-corrected chi connectivity index (χ2v) is 6.96. The Morgan fingerprint density at radius 1 is 1.24 bits per heavy atom. The Labute approximate surface area is 123 Å². The highest BCUT2D eigenvalue weighted by Gasteiger charge is 2.38. The van der Waals surface area contributed by atoms with Crippen LogP contribution in [-0.2, 0) is 14.8 Å². The minimum Gasteiger partial charge on any atom is -0.481 e. The standard InChI is InChI=1S/C14H17NO5S/c1-10(16)11-2-6-13(7-3-11)21(19,20)15(12-4-5-12)9-8-14(17)18/h2-3,6-7,12H,4-5,8-9H2,1H3,(H,17,18). The van der Waals surface area contributed by atoms with Crippen molar-refractivity contribution in [1.82, 2.24) is 4.31 Å². The van der Waals surface area contributed by atoms with Crippen molar-refractivity contribution in [2.24, 2.45) is 0 Å². The van der Waals surface area contributed by atoms with Gasteiger partial charge in [0.25, 0.3) is 0 Å². The maximum atomic E-state index is 12.6. The van der Waals surface area contributed by atoms with Crippen LogP contribution >= 0.6 is 0 Å². The Hall–Kier alpha value is -1.73. The molecule has 1 aromatic rings. The van der Waals surface area contributed by atoms with Crippen molar-refractivity contribution in [1.29, 1.82) is 0 Å². The average molecular weight is 311 g/mol. The van der Waals surface area contributed by atoms with Crippen molar-refractivity contribution in [3.63, 3.8) is 0 Å². The molecular weight excluding hydrogens is 294 g/mol. The van der Waals surface area contributed by atoms with Crippen LogP contribution in [0.5, 0.6) is 0 Å². The van der Waals surface area contributed by atoms with Crippen LogP contribution in [0.25, 0.3) is 0 Å². The number of ketones is 1. The van der Waals surface area contributed by atoms with E-state index in [1.807, 2.05) is 0 Å². The highest BCUT2D eigenvalue weighted by Crippen LogP contribution is 2.32. The van der Waals surface area contributed by atoms with Crippen LogP contribution < -0.4 is 0 Å². The first-order valence-corrected chi connectivity index (χ1v) is 8.11. The molecule has 0 radical (unpaired) electrons. The van der Waals surface area contributed by atoms with Gasteiger partial charge in [-0.3, -0.25) is 9.59 Å². The SMILES string of the molecule is CC(=O)c1ccc(S(=O)(=O)N(CCC(=O)O)C2CC2)cc1. The molecule has 1 saturated carbocycles. The third kappa shape index (κ3) is 3.68. The number of Topliss-reactive ketones (excluding diaryl/α,β-unsaturated/α-hetero) is 1. The molecule has 21 heavy (non-hydrogen) atoms. The van der Waals surface area contributed by atoms with Gasteiger partial charge in [0.05, 0.1) is 11.3 Å². The third-order valence-electron chi connectivity index (χ3n) is 3.37. The molecule has 0 spiro atoms. The van der Waals surface area contributed by atoms with Gasteiger partial charge in [-0.25, -0.2) is 8.42 Å². The first kappa shape index (κ1) is 15.7. The molecule has 0 aliphatic heterocycles. The second-order valence-electron chi connectivity index (χ2n) is 5.07. The Balaban J connectivity index is 2.25. The van der Waals surface area contributed by atoms with Crippen molar-refractivity contribution in [2.75, 3.05) is 6.54 Å². The minimum absolute atomic E-state index is 0.0310. The van der Waals surface area contributed by atoms with Crippen LogP contribution in [0, 0.1) is 0 Å². The summed E-state index contributed by atoms with van der Waals surface area (Å²) in [5.41, 5.74) is 0.442. The summed E-state index contributed by atoms with van der Waals surface area (Å²) in [5.74, 6) is -1.16. The fourth-order valence-corrected chi connectivity index (χ4v) is 3.75. The fraction of sp³-hybridized carbons (Fsp3) is 0.429. The summed E-state index contributed by atoms with van der Waals surface area (Å²) in [5, 5.41) is 8.74. The van der Waals surface area contributed by atoms with Crippen LogP contribution in [-0.4, -0.2) is 42.2 Å². The number of carboxylic acids is 1. The van der Waals surface area contributed by atoms with Gasteiger partial charge in [-0.15, -0.1) is 0 Å². The fourth-order valence-electron chi connectivity index (χ4n) is 2.06. The van der Waals surface area contributed by atoms with E-state index in [9.17, 15) is 18.0 Å². The Bertz CT molecular complexity index is 646. The van der Waals surface area contributed by atoms with Crippen molar-refractivity contribution in [3.05, 3.63) is 29.8 Å². The number of aliphatic carboxylic acids is 1.